The largest absolute Gasteiger partial charge is 0.481 e. The van der Waals surface area contributed by atoms with Crippen molar-refractivity contribution in [1.82, 2.24) is 15.0 Å². The second kappa shape index (κ2) is 7.47. The van der Waals surface area contributed by atoms with E-state index in [2.05, 4.69) is 19.7 Å². The summed E-state index contributed by atoms with van der Waals surface area (Å²) in [7, 11) is -2.72. The first-order valence-electron chi connectivity index (χ1n) is 8.15. The molecule has 1 aromatic carbocycles. The highest BCUT2D eigenvalue weighted by atomic mass is 32.2. The third-order valence-electron chi connectivity index (χ3n) is 4.02. The number of aryl methyl sites for hydroxylation is 1. The molecular formula is C17H18F2N4O3S. The number of nitrogens with one attached hydrogen (secondary N) is 2. The zero-order valence-electron chi connectivity index (χ0n) is 14.7. The van der Waals surface area contributed by atoms with Crippen LogP contribution in [0, 0.1) is 0 Å². The first-order valence-corrected chi connectivity index (χ1v) is 9.63. The molecule has 2 heterocycles. The van der Waals surface area contributed by atoms with Crippen molar-refractivity contribution in [2.75, 3.05) is 11.8 Å². The smallest absolute Gasteiger partial charge is 0.266 e. The lowest BCUT2D eigenvalue weighted by atomic mass is 10.1. The summed E-state index contributed by atoms with van der Waals surface area (Å²) in [4.78, 5) is 10.7. The van der Waals surface area contributed by atoms with Gasteiger partial charge in [0.05, 0.1) is 7.11 Å². The van der Waals surface area contributed by atoms with Crippen molar-refractivity contribution in [3.63, 3.8) is 0 Å². The van der Waals surface area contributed by atoms with E-state index in [1.165, 1.54) is 13.3 Å². The Morgan fingerprint density at radius 2 is 2.11 bits per heavy atom. The maximum absolute atomic E-state index is 12.7. The van der Waals surface area contributed by atoms with Crippen LogP contribution in [0.15, 0.2) is 35.5 Å². The molecule has 2 N–H and O–H groups in total. The van der Waals surface area contributed by atoms with Crippen LogP contribution in [0.5, 0.6) is 5.88 Å². The van der Waals surface area contributed by atoms with E-state index in [4.69, 9.17) is 4.74 Å². The highest BCUT2D eigenvalue weighted by Gasteiger charge is 2.21. The van der Waals surface area contributed by atoms with Gasteiger partial charge in [0, 0.05) is 35.3 Å². The summed E-state index contributed by atoms with van der Waals surface area (Å²) in [5, 5.41) is 0.529. The molecule has 0 radical (unpaired) electrons. The van der Waals surface area contributed by atoms with Gasteiger partial charge in [0.1, 0.15) is 4.90 Å². The van der Waals surface area contributed by atoms with E-state index in [9.17, 15) is 17.2 Å². The molecule has 0 aliphatic rings. The number of hydrogen-bond acceptors (Lipinski definition) is 5. The third-order valence-corrected chi connectivity index (χ3v) is 5.39. The van der Waals surface area contributed by atoms with E-state index in [1.54, 1.807) is 6.07 Å². The summed E-state index contributed by atoms with van der Waals surface area (Å²) in [6, 6.07) is 5.47. The van der Waals surface area contributed by atoms with Crippen LogP contribution in [-0.4, -0.2) is 36.9 Å². The molecular weight excluding hydrogens is 378 g/mol. The number of anilines is 1. The lowest BCUT2D eigenvalue weighted by molar-refractivity contribution is 0.147. The summed E-state index contributed by atoms with van der Waals surface area (Å²) < 4.78 is 57.8. The van der Waals surface area contributed by atoms with Crippen LogP contribution in [0.4, 0.5) is 14.7 Å². The van der Waals surface area contributed by atoms with Crippen LogP contribution < -0.4 is 9.46 Å². The lowest BCUT2D eigenvalue weighted by Gasteiger charge is -2.10. The summed E-state index contributed by atoms with van der Waals surface area (Å²) in [5.41, 5.74) is 1.86. The van der Waals surface area contributed by atoms with Gasteiger partial charge in [-0.25, -0.2) is 26.9 Å². The van der Waals surface area contributed by atoms with Gasteiger partial charge in [0.2, 0.25) is 18.3 Å². The average molecular weight is 396 g/mol. The number of alkyl halides is 2. The van der Waals surface area contributed by atoms with Crippen LogP contribution >= 0.6 is 0 Å². The van der Waals surface area contributed by atoms with Crippen LogP contribution in [-0.2, 0) is 22.9 Å². The van der Waals surface area contributed by atoms with E-state index < -0.39 is 22.9 Å². The Hall–Kier alpha value is -2.75. The Morgan fingerprint density at radius 1 is 1.33 bits per heavy atom. The topological polar surface area (TPSA) is 97.0 Å². The normalized spacial score (nSPS) is 11.9. The van der Waals surface area contributed by atoms with Gasteiger partial charge in [-0.05, 0) is 18.1 Å². The van der Waals surface area contributed by atoms with Gasteiger partial charge < -0.3 is 9.72 Å². The highest BCUT2D eigenvalue weighted by molar-refractivity contribution is 7.93. The van der Waals surface area contributed by atoms with Gasteiger partial charge in [-0.1, -0.05) is 19.1 Å². The quantitative estimate of drug-likeness (QED) is 0.640. The van der Waals surface area contributed by atoms with Gasteiger partial charge in [-0.2, -0.15) is 4.98 Å². The second-order valence-corrected chi connectivity index (χ2v) is 7.47. The van der Waals surface area contributed by atoms with Crippen LogP contribution in [0.3, 0.4) is 0 Å². The number of ether oxygens (including phenoxy) is 1. The molecule has 0 amide bonds. The van der Waals surface area contributed by atoms with Crippen molar-refractivity contribution >= 4 is 26.9 Å². The maximum Gasteiger partial charge on any atom is 0.266 e. The molecule has 0 aliphatic carbocycles. The number of halogens is 2. The van der Waals surface area contributed by atoms with Crippen molar-refractivity contribution in [1.29, 1.82) is 0 Å². The number of aromatic nitrogens is 3. The molecule has 0 saturated heterocycles. The first-order chi connectivity index (χ1) is 12.8. The predicted octanol–water partition coefficient (Wildman–Crippen LogP) is 3.14. The van der Waals surface area contributed by atoms with E-state index >= 15 is 0 Å². The standard InChI is InChI=1S/C17H18F2N4O3S/c1-3-10-4-5-12-13(6-10)20-9-14(12)27(24,25)23-17-21-8-11(7-15(18)19)16(22-17)26-2/h4-6,8-9,15,20H,3,7H2,1-2H3,(H,21,22,23). The summed E-state index contributed by atoms with van der Waals surface area (Å²) >= 11 is 0. The van der Waals surface area contributed by atoms with E-state index in [1.807, 2.05) is 19.1 Å². The fourth-order valence-corrected chi connectivity index (χ4v) is 3.82. The van der Waals surface area contributed by atoms with Gasteiger partial charge in [-0.15, -0.1) is 0 Å². The van der Waals surface area contributed by atoms with Gasteiger partial charge >= 0.3 is 0 Å². The van der Waals surface area contributed by atoms with Crippen molar-refractivity contribution in [2.45, 2.75) is 31.1 Å². The minimum atomic E-state index is -3.99. The molecule has 0 unspecified atom stereocenters. The molecule has 2 aromatic heterocycles. The number of rotatable bonds is 7. The van der Waals surface area contributed by atoms with Crippen molar-refractivity contribution < 1.29 is 21.9 Å². The molecule has 0 spiro atoms. The molecule has 0 atom stereocenters. The van der Waals surface area contributed by atoms with E-state index in [0.717, 1.165) is 18.2 Å². The van der Waals surface area contributed by atoms with Crippen molar-refractivity contribution in [3.8, 4) is 5.88 Å². The van der Waals surface area contributed by atoms with E-state index in [-0.39, 0.29) is 22.3 Å². The molecule has 144 valence electrons. The second-order valence-electron chi connectivity index (χ2n) is 5.82. The minimum absolute atomic E-state index is 0.0411. The van der Waals surface area contributed by atoms with Crippen LogP contribution in [0.25, 0.3) is 10.9 Å². The molecule has 3 aromatic rings. The first kappa shape index (κ1) is 19.0. The summed E-state index contributed by atoms with van der Waals surface area (Å²) in [6.07, 6.45) is 0.156. The van der Waals surface area contributed by atoms with Crippen molar-refractivity contribution in [3.05, 3.63) is 41.7 Å². The molecule has 27 heavy (non-hydrogen) atoms. The number of aromatic amines is 1. The number of H-pyrrole nitrogens is 1. The Kier molecular flexibility index (Phi) is 5.26. The number of fused-ring (bicyclic) bond motifs is 1. The SMILES string of the molecule is CCc1ccc2c(S(=O)(=O)Nc3ncc(CC(F)F)c(OC)n3)c[nH]c2c1. The number of nitrogens with zero attached hydrogens (tertiary/aromatic N) is 2. The highest BCUT2D eigenvalue weighted by Crippen LogP contribution is 2.26. The molecule has 0 saturated carbocycles. The Labute approximate surface area is 154 Å². The van der Waals surface area contributed by atoms with Crippen LogP contribution in [0.1, 0.15) is 18.1 Å². The van der Waals surface area contributed by atoms with Gasteiger partial charge in [-0.3, -0.25) is 0 Å². The summed E-state index contributed by atoms with van der Waals surface area (Å²) in [6.45, 7) is 2.01. The lowest BCUT2D eigenvalue weighted by Crippen LogP contribution is -2.15. The molecule has 10 heteroatoms. The predicted molar refractivity (Wildman–Crippen MR) is 96.8 cm³/mol. The fourth-order valence-electron chi connectivity index (χ4n) is 2.69. The number of hydrogen-bond donors (Lipinski definition) is 2. The molecule has 0 bridgehead atoms. The maximum atomic E-state index is 12.7. The zero-order chi connectivity index (χ0) is 19.6. The Balaban J connectivity index is 1.93. The Morgan fingerprint density at radius 3 is 2.78 bits per heavy atom. The van der Waals surface area contributed by atoms with Crippen LogP contribution in [0.2, 0.25) is 0 Å². The molecule has 3 rings (SSSR count). The van der Waals surface area contributed by atoms with E-state index in [0.29, 0.717) is 10.9 Å². The number of methoxy groups -OCH3 is 1. The molecule has 0 fully saturated rings. The molecule has 0 aliphatic heterocycles. The van der Waals surface area contributed by atoms with Crippen molar-refractivity contribution in [2.24, 2.45) is 0 Å². The number of benzene rings is 1. The third kappa shape index (κ3) is 4.00. The van der Waals surface area contributed by atoms with Gasteiger partial charge in [0.25, 0.3) is 10.0 Å². The minimum Gasteiger partial charge on any atom is -0.481 e. The van der Waals surface area contributed by atoms with Gasteiger partial charge in [0.15, 0.2) is 0 Å². The zero-order valence-corrected chi connectivity index (χ0v) is 15.5. The fraction of sp³-hybridized carbons (Fsp3) is 0.294. The summed E-state index contributed by atoms with van der Waals surface area (Å²) in [5.74, 6) is -0.362. The Bertz CT molecular complexity index is 1070. The monoisotopic (exact) mass is 396 g/mol. The average Bonchev–Trinajstić information content (AvgIpc) is 3.06. The molecule has 7 nitrogen and oxygen atoms in total. The number of sulfonamides is 1.